The number of halogens is 1. The second-order valence-corrected chi connectivity index (χ2v) is 5.03. The Morgan fingerprint density at radius 3 is 2.47 bits per heavy atom. The molecule has 7 heteroatoms. The summed E-state index contributed by atoms with van der Waals surface area (Å²) in [4.78, 5) is 10.1. The smallest absolute Gasteiger partial charge is 0.303 e. The largest absolute Gasteiger partial charge is 0.481 e. The number of rotatable bonds is 9. The zero-order valence-corrected chi connectivity index (χ0v) is 9.22. The molecular weight excluding hydrogens is 225 g/mol. The molecule has 0 radical (unpaired) electrons. The number of alkyl halides is 1. The maximum Gasteiger partial charge on any atom is 0.303 e. The third-order valence-corrected chi connectivity index (χ3v) is 3.16. The van der Waals surface area contributed by atoms with Crippen LogP contribution in [0.5, 0.6) is 0 Å². The Morgan fingerprint density at radius 2 is 1.93 bits per heavy atom. The van der Waals surface area contributed by atoms with Crippen molar-refractivity contribution < 1.29 is 22.7 Å². The number of sulfonamides is 1. The summed E-state index contributed by atoms with van der Waals surface area (Å²) in [6.45, 7) is -0.404. The van der Waals surface area contributed by atoms with Gasteiger partial charge in [-0.1, -0.05) is 0 Å². The van der Waals surface area contributed by atoms with Gasteiger partial charge in [-0.2, -0.15) is 0 Å². The quantitative estimate of drug-likeness (QED) is 0.576. The highest BCUT2D eigenvalue weighted by Gasteiger charge is 2.08. The van der Waals surface area contributed by atoms with Crippen molar-refractivity contribution in [2.75, 3.05) is 19.0 Å². The highest BCUT2D eigenvalue weighted by molar-refractivity contribution is 7.89. The Balaban J connectivity index is 3.60. The fraction of sp³-hybridized carbons (Fsp3) is 0.875. The highest BCUT2D eigenvalue weighted by Crippen LogP contribution is 1.96. The average molecular weight is 241 g/mol. The van der Waals surface area contributed by atoms with E-state index in [0.29, 0.717) is 0 Å². The number of carbonyl (C=O) groups is 1. The monoisotopic (exact) mass is 241 g/mol. The van der Waals surface area contributed by atoms with E-state index in [4.69, 9.17) is 5.11 Å². The molecule has 0 unspecified atom stereocenters. The maximum atomic E-state index is 11.7. The Hall–Kier alpha value is -0.690. The first-order chi connectivity index (χ1) is 6.98. The standard InChI is InChI=1S/C8H16FNO4S/c9-5-1-2-7-15(13,14)10-6-3-4-8(11)12/h10H,1-7H2,(H,11,12). The number of aliphatic carboxylic acids is 1. The van der Waals surface area contributed by atoms with Gasteiger partial charge in [-0.15, -0.1) is 0 Å². The summed E-state index contributed by atoms with van der Waals surface area (Å²) in [5.74, 6) is -1.06. The molecule has 0 aliphatic heterocycles. The maximum absolute atomic E-state index is 11.7. The van der Waals surface area contributed by atoms with Crippen molar-refractivity contribution in [3.8, 4) is 0 Å². The Bertz CT molecular complexity index is 278. The van der Waals surface area contributed by atoms with E-state index in [1.807, 2.05) is 0 Å². The molecule has 0 aliphatic carbocycles. The molecule has 90 valence electrons. The van der Waals surface area contributed by atoms with E-state index in [-0.39, 0.29) is 38.0 Å². The summed E-state index contributed by atoms with van der Waals surface area (Å²) >= 11 is 0. The summed E-state index contributed by atoms with van der Waals surface area (Å²) < 4.78 is 36.3. The average Bonchev–Trinajstić information content (AvgIpc) is 2.13. The molecule has 0 amide bonds. The molecule has 0 spiro atoms. The Morgan fingerprint density at radius 1 is 1.27 bits per heavy atom. The van der Waals surface area contributed by atoms with Gasteiger partial charge in [-0.25, -0.2) is 13.1 Å². The van der Waals surface area contributed by atoms with E-state index >= 15 is 0 Å². The normalized spacial score (nSPS) is 11.5. The number of hydrogen-bond donors (Lipinski definition) is 2. The van der Waals surface area contributed by atoms with Crippen LogP contribution in [0.2, 0.25) is 0 Å². The second-order valence-electron chi connectivity index (χ2n) is 3.11. The van der Waals surface area contributed by atoms with Crippen molar-refractivity contribution in [1.29, 1.82) is 0 Å². The lowest BCUT2D eigenvalue weighted by atomic mass is 10.3. The van der Waals surface area contributed by atoms with Crippen LogP contribution in [0, 0.1) is 0 Å². The van der Waals surface area contributed by atoms with Crippen molar-refractivity contribution in [1.82, 2.24) is 4.72 Å². The van der Waals surface area contributed by atoms with Gasteiger partial charge in [0.25, 0.3) is 0 Å². The van der Waals surface area contributed by atoms with Crippen LogP contribution in [0.3, 0.4) is 0 Å². The molecule has 0 aromatic rings. The van der Waals surface area contributed by atoms with E-state index in [1.54, 1.807) is 0 Å². The molecular formula is C8H16FNO4S. The number of nitrogens with one attached hydrogen (secondary N) is 1. The van der Waals surface area contributed by atoms with Gasteiger partial charge in [-0.3, -0.25) is 9.18 Å². The fourth-order valence-corrected chi connectivity index (χ4v) is 2.11. The minimum Gasteiger partial charge on any atom is -0.481 e. The summed E-state index contributed by atoms with van der Waals surface area (Å²) in [5.41, 5.74) is 0. The van der Waals surface area contributed by atoms with Crippen LogP contribution in [0.25, 0.3) is 0 Å². The van der Waals surface area contributed by atoms with E-state index in [9.17, 15) is 17.6 Å². The molecule has 0 aliphatic rings. The van der Waals surface area contributed by atoms with Gasteiger partial charge in [-0.05, 0) is 19.3 Å². The highest BCUT2D eigenvalue weighted by atomic mass is 32.2. The van der Waals surface area contributed by atoms with E-state index in [2.05, 4.69) is 4.72 Å². The third kappa shape index (κ3) is 9.61. The van der Waals surface area contributed by atoms with Gasteiger partial charge in [0.1, 0.15) is 0 Å². The van der Waals surface area contributed by atoms with Crippen molar-refractivity contribution >= 4 is 16.0 Å². The molecule has 5 nitrogen and oxygen atoms in total. The SMILES string of the molecule is O=C(O)CCCNS(=O)(=O)CCCCF. The summed E-state index contributed by atoms with van der Waals surface area (Å²) in [6.07, 6.45) is 0.714. The van der Waals surface area contributed by atoms with Crippen molar-refractivity contribution in [3.05, 3.63) is 0 Å². The summed E-state index contributed by atoms with van der Waals surface area (Å²) in [6, 6.07) is 0. The van der Waals surface area contributed by atoms with Crippen LogP contribution in [0.1, 0.15) is 25.7 Å². The van der Waals surface area contributed by atoms with Crippen molar-refractivity contribution in [3.63, 3.8) is 0 Å². The predicted octanol–water partition coefficient (Wildman–Crippen LogP) is 0.520. The number of hydrogen-bond acceptors (Lipinski definition) is 3. The van der Waals surface area contributed by atoms with Gasteiger partial charge in [0.15, 0.2) is 0 Å². The van der Waals surface area contributed by atoms with Crippen molar-refractivity contribution in [2.24, 2.45) is 0 Å². The lowest BCUT2D eigenvalue weighted by molar-refractivity contribution is -0.137. The lowest BCUT2D eigenvalue weighted by Crippen LogP contribution is -2.27. The number of carboxylic acid groups (broad SMARTS) is 1. The van der Waals surface area contributed by atoms with Crippen LogP contribution < -0.4 is 4.72 Å². The second kappa shape index (κ2) is 7.58. The van der Waals surface area contributed by atoms with Gasteiger partial charge in [0.2, 0.25) is 10.0 Å². The van der Waals surface area contributed by atoms with E-state index in [0.717, 1.165) is 0 Å². The first-order valence-electron chi connectivity index (χ1n) is 4.73. The molecule has 0 atom stereocenters. The third-order valence-electron chi connectivity index (χ3n) is 1.69. The molecule has 0 rings (SSSR count). The van der Waals surface area contributed by atoms with Crippen molar-refractivity contribution in [2.45, 2.75) is 25.7 Å². The summed E-state index contributed by atoms with van der Waals surface area (Å²) in [7, 11) is -3.36. The first-order valence-corrected chi connectivity index (χ1v) is 6.38. The lowest BCUT2D eigenvalue weighted by Gasteiger charge is -2.04. The zero-order chi connectivity index (χ0) is 11.7. The predicted molar refractivity (Wildman–Crippen MR) is 53.9 cm³/mol. The molecule has 0 aromatic carbocycles. The molecule has 0 heterocycles. The Labute approximate surface area is 88.7 Å². The minimum absolute atomic E-state index is 0.0625. The van der Waals surface area contributed by atoms with Gasteiger partial charge in [0.05, 0.1) is 12.4 Å². The number of carboxylic acids is 1. The molecule has 15 heavy (non-hydrogen) atoms. The van der Waals surface area contributed by atoms with Gasteiger partial charge < -0.3 is 5.11 Å². The minimum atomic E-state index is -3.36. The summed E-state index contributed by atoms with van der Waals surface area (Å²) in [5, 5.41) is 8.30. The molecule has 0 fully saturated rings. The van der Waals surface area contributed by atoms with Crippen LogP contribution in [0.4, 0.5) is 4.39 Å². The van der Waals surface area contributed by atoms with Crippen LogP contribution in [-0.2, 0) is 14.8 Å². The topological polar surface area (TPSA) is 83.5 Å². The number of unbranched alkanes of at least 4 members (excludes halogenated alkanes) is 1. The van der Waals surface area contributed by atoms with E-state index < -0.39 is 22.7 Å². The molecule has 2 N–H and O–H groups in total. The van der Waals surface area contributed by atoms with Gasteiger partial charge in [0, 0.05) is 13.0 Å². The molecule has 0 bridgehead atoms. The molecule has 0 aromatic heterocycles. The fourth-order valence-electron chi connectivity index (χ4n) is 0.926. The zero-order valence-electron chi connectivity index (χ0n) is 8.41. The van der Waals surface area contributed by atoms with Gasteiger partial charge >= 0.3 is 5.97 Å². The Kier molecular flexibility index (Phi) is 7.23. The molecule has 0 saturated carbocycles. The van der Waals surface area contributed by atoms with E-state index in [1.165, 1.54) is 0 Å². The van der Waals surface area contributed by atoms with Crippen LogP contribution in [-0.4, -0.2) is 38.5 Å². The van der Waals surface area contributed by atoms with Crippen LogP contribution >= 0.6 is 0 Å². The first kappa shape index (κ1) is 14.3. The van der Waals surface area contributed by atoms with Crippen LogP contribution in [0.15, 0.2) is 0 Å². The molecule has 0 saturated heterocycles.